The second-order valence-corrected chi connectivity index (χ2v) is 8.36. The Bertz CT molecular complexity index is 1060. The normalized spacial score (nSPS) is 14.3. The standard InChI is InChI=1S/C17H13F3IN5OS/c1-8-15(28-25-23-8)16(27)22-10-4-5-12(11(21)6-10)26-13(9-2-3-9)7-14(24-26)17(18,19)20/h4-7,9H,2-3H2,1H3,(H,22,27). The quantitative estimate of drug-likeness (QED) is 0.504. The van der Waals surface area contributed by atoms with Gasteiger partial charge < -0.3 is 5.32 Å². The van der Waals surface area contributed by atoms with Crippen molar-refractivity contribution in [3.8, 4) is 5.69 Å². The van der Waals surface area contributed by atoms with E-state index in [4.69, 9.17) is 0 Å². The third-order valence-corrected chi connectivity index (χ3v) is 6.01. The average Bonchev–Trinajstić information content (AvgIpc) is 3.20. The SMILES string of the molecule is Cc1nnsc1C(=O)Nc1ccc(-n2nc(C(F)(F)F)cc2C2CC2)c(I)c1. The van der Waals surface area contributed by atoms with Crippen LogP contribution in [0.2, 0.25) is 0 Å². The molecule has 11 heteroatoms. The lowest BCUT2D eigenvalue weighted by atomic mass is 10.2. The van der Waals surface area contributed by atoms with E-state index in [1.807, 2.05) is 22.6 Å². The number of hydrogen-bond donors (Lipinski definition) is 1. The summed E-state index contributed by atoms with van der Waals surface area (Å²) >= 11 is 3.03. The summed E-state index contributed by atoms with van der Waals surface area (Å²) in [5, 5.41) is 10.4. The van der Waals surface area contributed by atoms with Crippen LogP contribution in [0.1, 0.15) is 45.5 Å². The number of carbonyl (C=O) groups is 1. The predicted octanol–water partition coefficient (Wildman–Crippen LogP) is 4.79. The third-order valence-electron chi connectivity index (χ3n) is 4.31. The largest absolute Gasteiger partial charge is 0.435 e. The van der Waals surface area contributed by atoms with Gasteiger partial charge in [-0.2, -0.15) is 18.3 Å². The number of halogens is 4. The fourth-order valence-corrected chi connectivity index (χ4v) is 4.08. The van der Waals surface area contributed by atoms with Gasteiger partial charge >= 0.3 is 6.18 Å². The van der Waals surface area contributed by atoms with Gasteiger partial charge in [0.25, 0.3) is 5.91 Å². The molecule has 0 spiro atoms. The van der Waals surface area contributed by atoms with E-state index in [-0.39, 0.29) is 11.8 Å². The first-order valence-corrected chi connectivity index (χ1v) is 10.2. The van der Waals surface area contributed by atoms with E-state index >= 15 is 0 Å². The van der Waals surface area contributed by atoms with Crippen molar-refractivity contribution in [2.45, 2.75) is 31.9 Å². The van der Waals surface area contributed by atoms with Gasteiger partial charge in [-0.05, 0) is 78.2 Å². The topological polar surface area (TPSA) is 72.7 Å². The Kier molecular flexibility index (Phi) is 4.89. The van der Waals surface area contributed by atoms with Crippen molar-refractivity contribution in [2.75, 3.05) is 5.32 Å². The van der Waals surface area contributed by atoms with E-state index in [1.165, 1.54) is 4.68 Å². The number of amides is 1. The van der Waals surface area contributed by atoms with E-state index in [0.717, 1.165) is 30.4 Å². The zero-order valence-corrected chi connectivity index (χ0v) is 17.4. The summed E-state index contributed by atoms with van der Waals surface area (Å²) in [6.45, 7) is 1.70. The van der Waals surface area contributed by atoms with E-state index < -0.39 is 11.9 Å². The van der Waals surface area contributed by atoms with Crippen LogP contribution in [0.3, 0.4) is 0 Å². The molecule has 1 fully saturated rings. The summed E-state index contributed by atoms with van der Waals surface area (Å²) in [6, 6.07) is 6.13. The predicted molar refractivity (Wildman–Crippen MR) is 106 cm³/mol. The van der Waals surface area contributed by atoms with Gasteiger partial charge in [0.05, 0.1) is 11.4 Å². The molecule has 0 radical (unpaired) electrons. The molecule has 0 unspecified atom stereocenters. The van der Waals surface area contributed by atoms with Crippen LogP contribution < -0.4 is 5.32 Å². The molecule has 1 aliphatic carbocycles. The molecule has 4 rings (SSSR count). The van der Waals surface area contributed by atoms with Gasteiger partial charge in [0.2, 0.25) is 0 Å². The van der Waals surface area contributed by atoms with Gasteiger partial charge in [0, 0.05) is 20.9 Å². The van der Waals surface area contributed by atoms with Crippen LogP contribution in [0.25, 0.3) is 5.69 Å². The lowest BCUT2D eigenvalue weighted by molar-refractivity contribution is -0.141. The molecule has 0 bridgehead atoms. The Labute approximate surface area is 175 Å². The summed E-state index contributed by atoms with van der Waals surface area (Å²) in [5.41, 5.74) is 1.29. The van der Waals surface area contributed by atoms with Gasteiger partial charge in [-0.3, -0.25) is 4.79 Å². The second-order valence-electron chi connectivity index (χ2n) is 6.45. The molecule has 146 valence electrons. The zero-order chi connectivity index (χ0) is 20.1. The van der Waals surface area contributed by atoms with E-state index in [9.17, 15) is 18.0 Å². The maximum Gasteiger partial charge on any atom is 0.435 e. The minimum atomic E-state index is -4.49. The lowest BCUT2D eigenvalue weighted by Gasteiger charge is -2.11. The van der Waals surface area contributed by atoms with Crippen LogP contribution in [0, 0.1) is 10.5 Å². The summed E-state index contributed by atoms with van der Waals surface area (Å²) < 4.78 is 45.1. The fraction of sp³-hybridized carbons (Fsp3) is 0.294. The number of carbonyl (C=O) groups excluding carboxylic acids is 1. The van der Waals surface area contributed by atoms with Crippen LogP contribution >= 0.6 is 34.1 Å². The molecule has 0 saturated heterocycles. The van der Waals surface area contributed by atoms with Crippen LogP contribution in [0.4, 0.5) is 18.9 Å². The van der Waals surface area contributed by atoms with Gasteiger partial charge in [0.1, 0.15) is 4.88 Å². The number of alkyl halides is 3. The number of hydrogen-bond acceptors (Lipinski definition) is 5. The van der Waals surface area contributed by atoms with Crippen molar-refractivity contribution in [3.63, 3.8) is 0 Å². The molecule has 1 aliphatic rings. The van der Waals surface area contributed by atoms with E-state index in [1.54, 1.807) is 25.1 Å². The summed E-state index contributed by atoms with van der Waals surface area (Å²) in [5.74, 6) is -0.228. The van der Waals surface area contributed by atoms with Crippen LogP contribution in [0.5, 0.6) is 0 Å². The second kappa shape index (κ2) is 7.10. The van der Waals surface area contributed by atoms with Crippen LogP contribution in [-0.2, 0) is 6.18 Å². The number of benzene rings is 1. The van der Waals surface area contributed by atoms with Gasteiger partial charge in [-0.1, -0.05) is 4.49 Å². The Balaban J connectivity index is 1.64. The average molecular weight is 519 g/mol. The maximum atomic E-state index is 13.1. The van der Waals surface area contributed by atoms with Gasteiger partial charge in [-0.15, -0.1) is 5.10 Å². The Morgan fingerprint density at radius 3 is 2.64 bits per heavy atom. The van der Waals surface area contributed by atoms with Crippen molar-refractivity contribution in [1.29, 1.82) is 0 Å². The number of nitrogens with zero attached hydrogens (tertiary/aromatic N) is 4. The fourth-order valence-electron chi connectivity index (χ4n) is 2.78. The molecule has 2 heterocycles. The van der Waals surface area contributed by atoms with Crippen molar-refractivity contribution in [1.82, 2.24) is 19.4 Å². The summed E-state index contributed by atoms with van der Waals surface area (Å²) in [7, 11) is 0. The molecule has 2 aromatic heterocycles. The first kappa shape index (κ1) is 19.3. The molecule has 6 nitrogen and oxygen atoms in total. The Morgan fingerprint density at radius 1 is 1.32 bits per heavy atom. The van der Waals surface area contributed by atoms with Crippen molar-refractivity contribution in [3.05, 3.63) is 49.8 Å². The van der Waals surface area contributed by atoms with E-state index in [2.05, 4.69) is 20.0 Å². The number of nitrogens with one attached hydrogen (secondary N) is 1. The smallest absolute Gasteiger partial charge is 0.321 e. The van der Waals surface area contributed by atoms with Crippen molar-refractivity contribution in [2.24, 2.45) is 0 Å². The highest BCUT2D eigenvalue weighted by molar-refractivity contribution is 14.1. The van der Waals surface area contributed by atoms with Crippen LogP contribution in [-0.4, -0.2) is 25.3 Å². The molecular weight excluding hydrogens is 506 g/mol. The highest BCUT2D eigenvalue weighted by Crippen LogP contribution is 2.43. The Morgan fingerprint density at radius 2 is 2.07 bits per heavy atom. The third kappa shape index (κ3) is 3.77. The maximum absolute atomic E-state index is 13.1. The molecule has 1 saturated carbocycles. The lowest BCUT2D eigenvalue weighted by Crippen LogP contribution is -2.12. The molecular formula is C17H13F3IN5OS. The van der Waals surface area contributed by atoms with Gasteiger partial charge in [0.15, 0.2) is 5.69 Å². The van der Waals surface area contributed by atoms with Crippen molar-refractivity contribution >= 4 is 45.7 Å². The monoisotopic (exact) mass is 519 g/mol. The van der Waals surface area contributed by atoms with Crippen LogP contribution in [0.15, 0.2) is 24.3 Å². The number of anilines is 1. The molecule has 1 N–H and O–H groups in total. The Hall–Kier alpha value is -2.02. The minimum Gasteiger partial charge on any atom is -0.321 e. The van der Waals surface area contributed by atoms with E-state index in [0.29, 0.717) is 31.2 Å². The molecule has 1 amide bonds. The highest BCUT2D eigenvalue weighted by atomic mass is 127. The molecule has 1 aromatic carbocycles. The molecule has 0 aliphatic heterocycles. The zero-order valence-electron chi connectivity index (χ0n) is 14.4. The molecule has 0 atom stereocenters. The number of aromatic nitrogens is 4. The van der Waals surface area contributed by atoms with Crippen molar-refractivity contribution < 1.29 is 18.0 Å². The minimum absolute atomic E-state index is 0.0978. The van der Waals surface area contributed by atoms with Gasteiger partial charge in [-0.25, -0.2) is 4.68 Å². The summed E-state index contributed by atoms with van der Waals surface area (Å²) in [4.78, 5) is 12.7. The first-order chi connectivity index (χ1) is 13.2. The highest BCUT2D eigenvalue weighted by Gasteiger charge is 2.38. The number of rotatable bonds is 4. The summed E-state index contributed by atoms with van der Waals surface area (Å²) in [6.07, 6.45) is -2.78. The first-order valence-electron chi connectivity index (χ1n) is 8.31. The molecule has 3 aromatic rings. The molecule has 28 heavy (non-hydrogen) atoms. The number of aryl methyl sites for hydroxylation is 1.